The van der Waals surface area contributed by atoms with E-state index < -0.39 is 16.4 Å². The molecule has 0 amide bonds. The van der Waals surface area contributed by atoms with E-state index in [9.17, 15) is 0 Å². The Balaban J connectivity index is 0.000000245. The van der Waals surface area contributed by atoms with Crippen molar-refractivity contribution in [3.8, 4) is 22.3 Å². The highest BCUT2D eigenvalue weighted by Crippen LogP contribution is 2.25. The van der Waals surface area contributed by atoms with Gasteiger partial charge in [-0.25, -0.2) is 4.57 Å². The molecule has 4 aromatic rings. The highest BCUT2D eigenvalue weighted by molar-refractivity contribution is 7.45. The van der Waals surface area contributed by atoms with Crippen LogP contribution in [0.3, 0.4) is 0 Å². The van der Waals surface area contributed by atoms with Crippen molar-refractivity contribution in [3.63, 3.8) is 0 Å². The summed E-state index contributed by atoms with van der Waals surface area (Å²) in [6.07, 6.45) is 0. The van der Waals surface area contributed by atoms with Crippen molar-refractivity contribution in [2.75, 3.05) is 0 Å². The zero-order valence-corrected chi connectivity index (χ0v) is 19.3. The van der Waals surface area contributed by atoms with Gasteiger partial charge in [0.25, 0.3) is 0 Å². The lowest BCUT2D eigenvalue weighted by Crippen LogP contribution is -1.73. The molecule has 0 spiro atoms. The first-order chi connectivity index (χ1) is 15.7. The Morgan fingerprint density at radius 3 is 0.667 bits per heavy atom. The van der Waals surface area contributed by atoms with Gasteiger partial charge in [0, 0.05) is 0 Å². The van der Waals surface area contributed by atoms with Gasteiger partial charge in [0.1, 0.15) is 0 Å². The third-order valence-electron chi connectivity index (χ3n) is 3.76. The SMILES string of the molecule is O=P(O)(O)O.OP(O)O.c1ccc(-c2ccccc2)cc1.c1ccc(-c2ccccc2)cc1. The second kappa shape index (κ2) is 16.0. The monoisotopic (exact) mass is 488 g/mol. The first-order valence-electron chi connectivity index (χ1n) is 9.53. The Kier molecular flexibility index (Phi) is 13.7. The van der Waals surface area contributed by atoms with Gasteiger partial charge in [-0.1, -0.05) is 121 Å². The molecule has 6 N–H and O–H groups in total. The van der Waals surface area contributed by atoms with Gasteiger partial charge in [-0.2, -0.15) is 0 Å². The van der Waals surface area contributed by atoms with Gasteiger partial charge in [-0.05, 0) is 22.3 Å². The first-order valence-corrected chi connectivity index (χ1v) is 12.3. The Bertz CT molecular complexity index is 882. The molecule has 0 aliphatic carbocycles. The quantitative estimate of drug-likeness (QED) is 0.219. The van der Waals surface area contributed by atoms with E-state index in [1.54, 1.807) is 0 Å². The molecule has 0 unspecified atom stereocenters. The maximum atomic E-state index is 8.88. The lowest BCUT2D eigenvalue weighted by atomic mass is 10.1. The van der Waals surface area contributed by atoms with E-state index in [1.165, 1.54) is 22.3 Å². The van der Waals surface area contributed by atoms with E-state index in [0.29, 0.717) is 0 Å². The Morgan fingerprint density at radius 2 is 0.545 bits per heavy atom. The number of hydrogen-bond donors (Lipinski definition) is 6. The molecule has 0 bridgehead atoms. The first kappa shape index (κ1) is 28.3. The summed E-state index contributed by atoms with van der Waals surface area (Å²) in [7, 11) is -7.26. The van der Waals surface area contributed by atoms with E-state index >= 15 is 0 Å². The summed E-state index contributed by atoms with van der Waals surface area (Å²) < 4.78 is 8.88. The molecule has 0 atom stereocenters. The average molecular weight is 488 g/mol. The Morgan fingerprint density at radius 1 is 0.424 bits per heavy atom. The van der Waals surface area contributed by atoms with Crippen LogP contribution in [0.2, 0.25) is 0 Å². The summed E-state index contributed by atoms with van der Waals surface area (Å²) >= 11 is 0. The van der Waals surface area contributed by atoms with E-state index in [0.717, 1.165) is 0 Å². The highest BCUT2D eigenvalue weighted by Gasteiger charge is 2.00. The minimum atomic E-state index is -4.64. The van der Waals surface area contributed by atoms with Crippen molar-refractivity contribution < 1.29 is 33.9 Å². The molecule has 0 radical (unpaired) electrons. The second-order valence-corrected chi connectivity index (χ2v) is 7.81. The van der Waals surface area contributed by atoms with Crippen molar-refractivity contribution in [2.24, 2.45) is 0 Å². The lowest BCUT2D eigenvalue weighted by molar-refractivity contribution is 0.275. The predicted octanol–water partition coefficient (Wildman–Crippen LogP) is 4.97. The molecule has 4 aromatic carbocycles. The molecule has 7 nitrogen and oxygen atoms in total. The van der Waals surface area contributed by atoms with Crippen LogP contribution in [0.1, 0.15) is 0 Å². The molecule has 33 heavy (non-hydrogen) atoms. The zero-order valence-electron chi connectivity index (χ0n) is 17.5. The molecular weight excluding hydrogens is 462 g/mol. The highest BCUT2D eigenvalue weighted by atomic mass is 31.2. The summed E-state index contributed by atoms with van der Waals surface area (Å²) in [6.45, 7) is 0. The van der Waals surface area contributed by atoms with E-state index in [-0.39, 0.29) is 0 Å². The van der Waals surface area contributed by atoms with Crippen LogP contribution in [0.25, 0.3) is 22.3 Å². The lowest BCUT2D eigenvalue weighted by Gasteiger charge is -1.98. The number of hydrogen-bond acceptors (Lipinski definition) is 4. The summed E-state index contributed by atoms with van der Waals surface area (Å²) in [5.74, 6) is 0. The van der Waals surface area contributed by atoms with Crippen molar-refractivity contribution in [1.29, 1.82) is 0 Å². The topological polar surface area (TPSA) is 138 Å². The van der Waals surface area contributed by atoms with Gasteiger partial charge in [0.2, 0.25) is 0 Å². The summed E-state index contributed by atoms with van der Waals surface area (Å²) in [5.41, 5.74) is 5.10. The van der Waals surface area contributed by atoms with E-state index in [4.69, 9.17) is 33.9 Å². The molecule has 0 saturated heterocycles. The van der Waals surface area contributed by atoms with Crippen LogP contribution >= 0.6 is 16.4 Å². The minimum absolute atomic E-state index is 1.28. The van der Waals surface area contributed by atoms with Gasteiger partial charge in [0.05, 0.1) is 0 Å². The van der Waals surface area contributed by atoms with Crippen molar-refractivity contribution in [2.45, 2.75) is 0 Å². The van der Waals surface area contributed by atoms with Crippen LogP contribution in [0.15, 0.2) is 121 Å². The van der Waals surface area contributed by atoms with Gasteiger partial charge in [0.15, 0.2) is 0 Å². The molecule has 9 heteroatoms. The molecule has 0 heterocycles. The Hall–Kier alpha value is -2.70. The van der Waals surface area contributed by atoms with Gasteiger partial charge in [-0.3, -0.25) is 0 Å². The average Bonchev–Trinajstić information content (AvgIpc) is 2.80. The van der Waals surface area contributed by atoms with Gasteiger partial charge >= 0.3 is 16.4 Å². The third-order valence-corrected chi connectivity index (χ3v) is 3.76. The molecule has 0 saturated carbocycles. The standard InChI is InChI=1S/2C12H10.H3O4P.H3O3P/c2*1-3-7-11(8-4-1)12-9-5-2-6-10-12;1-5(2,3)4;1-4(2)3/h2*1-10H;(H3,1,2,3,4);1-3H. The van der Waals surface area contributed by atoms with Gasteiger partial charge in [-0.15, -0.1) is 0 Å². The van der Waals surface area contributed by atoms with Crippen LogP contribution in [0.4, 0.5) is 0 Å². The molecule has 0 aromatic heterocycles. The van der Waals surface area contributed by atoms with Crippen LogP contribution in [-0.4, -0.2) is 29.4 Å². The molecular formula is C24H26O7P2. The predicted molar refractivity (Wildman–Crippen MR) is 132 cm³/mol. The number of benzene rings is 4. The maximum Gasteiger partial charge on any atom is 0.466 e. The second-order valence-electron chi connectivity index (χ2n) is 6.25. The van der Waals surface area contributed by atoms with Crippen LogP contribution in [0.5, 0.6) is 0 Å². The molecule has 0 fully saturated rings. The molecule has 174 valence electrons. The van der Waals surface area contributed by atoms with Crippen molar-refractivity contribution in [3.05, 3.63) is 121 Å². The number of rotatable bonds is 2. The summed E-state index contributed by atoms with van der Waals surface area (Å²) in [5, 5.41) is 0. The van der Waals surface area contributed by atoms with Crippen molar-refractivity contribution >= 4 is 16.4 Å². The molecule has 0 aliphatic rings. The summed E-state index contributed by atoms with van der Waals surface area (Å²) in [6, 6.07) is 41.6. The maximum absolute atomic E-state index is 8.88. The summed E-state index contributed by atoms with van der Waals surface area (Å²) in [4.78, 5) is 43.3. The smallest absolute Gasteiger partial charge is 0.328 e. The Labute approximate surface area is 194 Å². The minimum Gasteiger partial charge on any atom is -0.328 e. The largest absolute Gasteiger partial charge is 0.466 e. The molecule has 0 aliphatic heterocycles. The van der Waals surface area contributed by atoms with Crippen LogP contribution in [-0.2, 0) is 4.57 Å². The fraction of sp³-hybridized carbons (Fsp3) is 0. The van der Waals surface area contributed by atoms with Crippen molar-refractivity contribution in [1.82, 2.24) is 0 Å². The van der Waals surface area contributed by atoms with Crippen LogP contribution < -0.4 is 0 Å². The third kappa shape index (κ3) is 15.7. The normalized spacial score (nSPS) is 9.91. The molecule has 4 rings (SSSR count). The van der Waals surface area contributed by atoms with Crippen LogP contribution in [0, 0.1) is 0 Å². The fourth-order valence-electron chi connectivity index (χ4n) is 2.52. The van der Waals surface area contributed by atoms with Gasteiger partial charge < -0.3 is 29.4 Å². The number of phosphoric acid groups is 1. The fourth-order valence-corrected chi connectivity index (χ4v) is 2.52. The van der Waals surface area contributed by atoms with E-state index in [2.05, 4.69) is 97.1 Å². The zero-order chi connectivity index (χ0) is 24.5. The van der Waals surface area contributed by atoms with E-state index in [1.807, 2.05) is 24.3 Å².